The summed E-state index contributed by atoms with van der Waals surface area (Å²) in [5.41, 5.74) is 2.81. The molecule has 1 saturated carbocycles. The molecule has 2 aliphatic rings. The van der Waals surface area contributed by atoms with Gasteiger partial charge in [-0.2, -0.15) is 0 Å². The maximum Gasteiger partial charge on any atom is 0.168 e. The van der Waals surface area contributed by atoms with E-state index in [1.807, 2.05) is 12.1 Å². The summed E-state index contributed by atoms with van der Waals surface area (Å²) in [4.78, 5) is 15.8. The lowest BCUT2D eigenvalue weighted by molar-refractivity contribution is 0.122. The molecule has 1 saturated heterocycles. The Balaban J connectivity index is 1.28. The van der Waals surface area contributed by atoms with E-state index in [1.54, 1.807) is 25.7 Å². The van der Waals surface area contributed by atoms with Gasteiger partial charge in [-0.05, 0) is 43.9 Å². The number of nitrogens with one attached hydrogen (secondary N) is 1. The molecule has 2 aromatic heterocycles. The Labute approximate surface area is 187 Å². The summed E-state index contributed by atoms with van der Waals surface area (Å²) in [6.45, 7) is 3.23. The first kappa shape index (κ1) is 20.8. The maximum atomic E-state index is 6.51. The summed E-state index contributed by atoms with van der Waals surface area (Å²) in [5, 5.41) is 3.53. The monoisotopic (exact) mass is 435 g/mol. The first-order valence-electron chi connectivity index (χ1n) is 11.3. The van der Waals surface area contributed by atoms with Crippen LogP contribution in [0, 0.1) is 0 Å². The molecular weight excluding hydrogens is 406 g/mol. The molecule has 8 nitrogen and oxygen atoms in total. The second-order valence-corrected chi connectivity index (χ2v) is 8.26. The zero-order valence-electron chi connectivity index (χ0n) is 18.4. The molecule has 0 bridgehead atoms. The number of hydrogen-bond donors (Lipinski definition) is 1. The van der Waals surface area contributed by atoms with Gasteiger partial charge >= 0.3 is 0 Å². The maximum absolute atomic E-state index is 6.51. The number of morpholine rings is 1. The molecule has 168 valence electrons. The van der Waals surface area contributed by atoms with Gasteiger partial charge in [-0.3, -0.25) is 4.98 Å². The molecule has 1 aromatic carbocycles. The number of hydrogen-bond acceptors (Lipinski definition) is 8. The van der Waals surface area contributed by atoms with E-state index in [2.05, 4.69) is 37.3 Å². The van der Waals surface area contributed by atoms with Crippen LogP contribution < -0.4 is 19.7 Å². The Kier molecular flexibility index (Phi) is 6.20. The third kappa shape index (κ3) is 4.55. The molecule has 0 radical (unpaired) electrons. The lowest BCUT2D eigenvalue weighted by Crippen LogP contribution is -2.36. The highest BCUT2D eigenvalue weighted by molar-refractivity contribution is 5.85. The van der Waals surface area contributed by atoms with Crippen LogP contribution in [0.2, 0.25) is 0 Å². The van der Waals surface area contributed by atoms with Crippen molar-refractivity contribution in [1.29, 1.82) is 0 Å². The van der Waals surface area contributed by atoms with Gasteiger partial charge in [-0.15, -0.1) is 0 Å². The molecular formula is C24H29N5O3. The quantitative estimate of drug-likeness (QED) is 0.628. The van der Waals surface area contributed by atoms with Crippen LogP contribution >= 0.6 is 0 Å². The minimum Gasteiger partial charge on any atom is -0.493 e. The molecule has 2 fully saturated rings. The number of rotatable bonds is 6. The Morgan fingerprint density at radius 3 is 2.59 bits per heavy atom. The van der Waals surface area contributed by atoms with Crippen molar-refractivity contribution < 1.29 is 14.2 Å². The van der Waals surface area contributed by atoms with Gasteiger partial charge in [0, 0.05) is 49.5 Å². The van der Waals surface area contributed by atoms with E-state index in [1.165, 1.54) is 0 Å². The molecule has 3 heterocycles. The number of aromatic nitrogens is 3. The first-order valence-corrected chi connectivity index (χ1v) is 11.3. The smallest absolute Gasteiger partial charge is 0.168 e. The summed E-state index contributed by atoms with van der Waals surface area (Å²) in [6, 6.07) is 8.38. The number of pyridine rings is 1. The predicted octanol–water partition coefficient (Wildman–Crippen LogP) is 3.67. The van der Waals surface area contributed by atoms with Crippen molar-refractivity contribution >= 4 is 22.5 Å². The van der Waals surface area contributed by atoms with Gasteiger partial charge in [0.2, 0.25) is 0 Å². The van der Waals surface area contributed by atoms with Crippen molar-refractivity contribution in [3.05, 3.63) is 42.9 Å². The summed E-state index contributed by atoms with van der Waals surface area (Å²) >= 11 is 0. The molecule has 0 spiro atoms. The molecule has 3 aromatic rings. The van der Waals surface area contributed by atoms with Gasteiger partial charge in [-0.1, -0.05) is 0 Å². The van der Waals surface area contributed by atoms with Gasteiger partial charge in [0.15, 0.2) is 11.6 Å². The highest BCUT2D eigenvalue weighted by Crippen LogP contribution is 2.33. The topological polar surface area (TPSA) is 81.6 Å². The average Bonchev–Trinajstić information content (AvgIpc) is 2.86. The fraction of sp³-hybridized carbons (Fsp3) is 0.458. The van der Waals surface area contributed by atoms with Crippen LogP contribution in [0.5, 0.6) is 11.5 Å². The molecule has 1 N–H and O–H groups in total. The van der Waals surface area contributed by atoms with E-state index in [0.29, 0.717) is 6.04 Å². The SMILES string of the molecule is COc1cccnc1N[C@H]1CC[C@@H](Oc2cc(N3CCOCC3)cc3nccnc23)CC1. The van der Waals surface area contributed by atoms with Crippen molar-refractivity contribution in [2.45, 2.75) is 37.8 Å². The molecule has 0 atom stereocenters. The van der Waals surface area contributed by atoms with Crippen LogP contribution in [0.1, 0.15) is 25.7 Å². The fourth-order valence-electron chi connectivity index (χ4n) is 4.48. The Morgan fingerprint density at radius 2 is 1.78 bits per heavy atom. The van der Waals surface area contributed by atoms with Gasteiger partial charge in [-0.25, -0.2) is 9.97 Å². The third-order valence-electron chi connectivity index (χ3n) is 6.20. The second-order valence-electron chi connectivity index (χ2n) is 8.26. The standard InChI is InChI=1S/C24H29N5O3/c1-30-21-3-2-8-27-24(21)28-17-4-6-19(7-5-17)32-22-16-18(29-11-13-31-14-12-29)15-20-23(22)26-10-9-25-20/h2-3,8-10,15-17,19H,4-7,11-14H2,1H3,(H,27,28)/t17-,19+. The van der Waals surface area contributed by atoms with E-state index in [0.717, 1.165) is 86.0 Å². The van der Waals surface area contributed by atoms with Crippen LogP contribution in [-0.2, 0) is 4.74 Å². The van der Waals surface area contributed by atoms with Crippen molar-refractivity contribution in [1.82, 2.24) is 15.0 Å². The molecule has 1 aliphatic heterocycles. The number of fused-ring (bicyclic) bond motifs is 1. The van der Waals surface area contributed by atoms with E-state index >= 15 is 0 Å². The highest BCUT2D eigenvalue weighted by Gasteiger charge is 2.25. The van der Waals surface area contributed by atoms with Crippen molar-refractivity contribution in [2.24, 2.45) is 0 Å². The van der Waals surface area contributed by atoms with Crippen LogP contribution in [0.4, 0.5) is 11.5 Å². The zero-order chi connectivity index (χ0) is 21.8. The van der Waals surface area contributed by atoms with Crippen LogP contribution in [0.25, 0.3) is 11.0 Å². The molecule has 0 unspecified atom stereocenters. The fourth-order valence-corrected chi connectivity index (χ4v) is 4.48. The minimum atomic E-state index is 0.156. The lowest BCUT2D eigenvalue weighted by Gasteiger charge is -2.31. The number of anilines is 2. The molecule has 1 aliphatic carbocycles. The number of benzene rings is 1. The van der Waals surface area contributed by atoms with Gasteiger partial charge in [0.1, 0.15) is 11.3 Å². The second kappa shape index (κ2) is 9.56. The minimum absolute atomic E-state index is 0.156. The Bertz CT molecular complexity index is 1050. The Morgan fingerprint density at radius 1 is 0.969 bits per heavy atom. The molecule has 0 amide bonds. The van der Waals surface area contributed by atoms with Gasteiger partial charge in [0.25, 0.3) is 0 Å². The predicted molar refractivity (Wildman–Crippen MR) is 124 cm³/mol. The van der Waals surface area contributed by atoms with Crippen molar-refractivity contribution in [2.75, 3.05) is 43.6 Å². The lowest BCUT2D eigenvalue weighted by atomic mass is 9.93. The largest absolute Gasteiger partial charge is 0.493 e. The van der Waals surface area contributed by atoms with Crippen LogP contribution in [0.15, 0.2) is 42.9 Å². The number of ether oxygens (including phenoxy) is 3. The van der Waals surface area contributed by atoms with E-state index in [-0.39, 0.29) is 6.10 Å². The average molecular weight is 436 g/mol. The molecule has 5 rings (SSSR count). The van der Waals surface area contributed by atoms with E-state index in [4.69, 9.17) is 14.2 Å². The van der Waals surface area contributed by atoms with Crippen LogP contribution in [0.3, 0.4) is 0 Å². The van der Waals surface area contributed by atoms with Gasteiger partial charge < -0.3 is 24.4 Å². The number of nitrogens with zero attached hydrogens (tertiary/aromatic N) is 4. The summed E-state index contributed by atoms with van der Waals surface area (Å²) in [5.74, 6) is 2.40. The summed E-state index contributed by atoms with van der Waals surface area (Å²) in [6.07, 6.45) is 9.36. The third-order valence-corrected chi connectivity index (χ3v) is 6.20. The van der Waals surface area contributed by atoms with Gasteiger partial charge in [0.05, 0.1) is 31.9 Å². The molecule has 8 heteroatoms. The zero-order valence-corrected chi connectivity index (χ0v) is 18.4. The van der Waals surface area contributed by atoms with Crippen molar-refractivity contribution in [3.8, 4) is 11.5 Å². The first-order chi connectivity index (χ1) is 15.8. The number of methoxy groups -OCH3 is 1. The summed E-state index contributed by atoms with van der Waals surface area (Å²) < 4.78 is 17.4. The Hall–Kier alpha value is -3.13. The van der Waals surface area contributed by atoms with Crippen LogP contribution in [-0.4, -0.2) is 60.5 Å². The normalized spacial score (nSPS) is 21.3. The molecule has 32 heavy (non-hydrogen) atoms. The van der Waals surface area contributed by atoms with E-state index < -0.39 is 0 Å². The van der Waals surface area contributed by atoms with Crippen molar-refractivity contribution in [3.63, 3.8) is 0 Å². The highest BCUT2D eigenvalue weighted by atomic mass is 16.5. The van der Waals surface area contributed by atoms with E-state index in [9.17, 15) is 0 Å². The summed E-state index contributed by atoms with van der Waals surface area (Å²) in [7, 11) is 1.67.